The van der Waals surface area contributed by atoms with Crippen LogP contribution in [0.1, 0.15) is 54.9 Å². The van der Waals surface area contributed by atoms with Gasteiger partial charge in [-0.25, -0.2) is 4.79 Å². The fourth-order valence-electron chi connectivity index (χ4n) is 2.18. The molecule has 0 saturated heterocycles. The average molecular weight is 326 g/mol. The first-order chi connectivity index (χ1) is 10.4. The van der Waals surface area contributed by atoms with E-state index in [-0.39, 0.29) is 23.3 Å². The van der Waals surface area contributed by atoms with Crippen molar-refractivity contribution in [2.45, 2.75) is 67.0 Å². The second-order valence-electron chi connectivity index (χ2n) is 7.56. The highest BCUT2D eigenvalue weighted by Crippen LogP contribution is 2.21. The lowest BCUT2D eigenvalue weighted by Gasteiger charge is -2.34. The summed E-state index contributed by atoms with van der Waals surface area (Å²) in [5.74, 6) is -0.0781. The summed E-state index contributed by atoms with van der Waals surface area (Å²) in [4.78, 5) is 26.1. The Morgan fingerprint density at radius 3 is 2.17 bits per heavy atom. The second kappa shape index (κ2) is 9.06. The van der Waals surface area contributed by atoms with Gasteiger partial charge in [0.25, 0.3) is 0 Å². The fourth-order valence-corrected chi connectivity index (χ4v) is 2.18. The molecule has 0 aliphatic carbocycles. The van der Waals surface area contributed by atoms with Crippen molar-refractivity contribution in [1.82, 2.24) is 4.90 Å². The molecule has 0 aliphatic heterocycles. The number of esters is 1. The minimum atomic E-state index is -0.585. The largest absolute Gasteiger partial charge is 0.463 e. The van der Waals surface area contributed by atoms with E-state index in [4.69, 9.17) is 10.5 Å². The predicted octanol–water partition coefficient (Wildman–Crippen LogP) is 2.74. The zero-order valence-corrected chi connectivity index (χ0v) is 16.0. The van der Waals surface area contributed by atoms with E-state index < -0.39 is 6.04 Å². The van der Waals surface area contributed by atoms with Gasteiger partial charge in [-0.1, -0.05) is 40.7 Å². The molecular formula is C18H34N2O3. The van der Waals surface area contributed by atoms with Crippen LogP contribution in [-0.4, -0.2) is 42.5 Å². The van der Waals surface area contributed by atoms with Gasteiger partial charge >= 0.3 is 5.97 Å². The highest BCUT2D eigenvalue weighted by molar-refractivity contribution is 5.88. The molecule has 0 aromatic heterocycles. The lowest BCUT2D eigenvalue weighted by Crippen LogP contribution is -2.52. The van der Waals surface area contributed by atoms with Crippen molar-refractivity contribution in [2.24, 2.45) is 17.1 Å². The van der Waals surface area contributed by atoms with Crippen LogP contribution in [0.15, 0.2) is 11.6 Å². The molecule has 5 heteroatoms. The molecule has 23 heavy (non-hydrogen) atoms. The number of carbonyl (C=O) groups is 2. The van der Waals surface area contributed by atoms with Gasteiger partial charge in [0.05, 0.1) is 18.7 Å². The Hall–Kier alpha value is -1.36. The van der Waals surface area contributed by atoms with Crippen molar-refractivity contribution in [1.29, 1.82) is 0 Å². The summed E-state index contributed by atoms with van der Waals surface area (Å²) in [5.41, 5.74) is 6.30. The van der Waals surface area contributed by atoms with Crippen LogP contribution in [0.25, 0.3) is 0 Å². The maximum Gasteiger partial charge on any atom is 0.333 e. The third-order valence-electron chi connectivity index (χ3n) is 3.80. The number of rotatable bonds is 7. The summed E-state index contributed by atoms with van der Waals surface area (Å²) in [6.45, 7) is 13.8. The van der Waals surface area contributed by atoms with Crippen LogP contribution >= 0.6 is 0 Å². The molecule has 0 unspecified atom stereocenters. The number of nitrogens with two attached hydrogens (primary N) is 1. The van der Waals surface area contributed by atoms with Gasteiger partial charge in [0.1, 0.15) is 0 Å². The van der Waals surface area contributed by atoms with E-state index in [1.807, 2.05) is 26.8 Å². The molecule has 0 fully saturated rings. The van der Waals surface area contributed by atoms with E-state index in [0.29, 0.717) is 18.1 Å². The van der Waals surface area contributed by atoms with E-state index in [0.717, 1.165) is 6.42 Å². The van der Waals surface area contributed by atoms with Crippen LogP contribution in [0.4, 0.5) is 0 Å². The zero-order valence-electron chi connectivity index (χ0n) is 16.0. The first-order valence-corrected chi connectivity index (χ1v) is 8.29. The smallest absolute Gasteiger partial charge is 0.333 e. The molecule has 0 saturated carbocycles. The maximum atomic E-state index is 12.6. The summed E-state index contributed by atoms with van der Waals surface area (Å²) in [5, 5.41) is 0. The third kappa shape index (κ3) is 7.16. The van der Waals surface area contributed by atoms with Crippen molar-refractivity contribution >= 4 is 11.9 Å². The molecule has 0 aliphatic rings. The van der Waals surface area contributed by atoms with Gasteiger partial charge in [-0.15, -0.1) is 0 Å². The molecule has 0 aromatic rings. The molecule has 2 N–H and O–H groups in total. The number of amides is 1. The summed E-state index contributed by atoms with van der Waals surface area (Å²) < 4.78 is 5.02. The number of hydrogen-bond acceptors (Lipinski definition) is 4. The van der Waals surface area contributed by atoms with E-state index in [1.54, 1.807) is 25.8 Å². The third-order valence-corrected chi connectivity index (χ3v) is 3.80. The average Bonchev–Trinajstić information content (AvgIpc) is 2.42. The van der Waals surface area contributed by atoms with E-state index in [1.165, 1.54) is 0 Å². The Bertz CT molecular complexity index is 436. The molecule has 0 spiro atoms. The lowest BCUT2D eigenvalue weighted by atomic mass is 9.86. The quantitative estimate of drug-likeness (QED) is 0.577. The Morgan fingerprint density at radius 1 is 1.26 bits per heavy atom. The molecule has 5 nitrogen and oxygen atoms in total. The van der Waals surface area contributed by atoms with Crippen LogP contribution in [0.3, 0.4) is 0 Å². The van der Waals surface area contributed by atoms with Crippen molar-refractivity contribution in [3.8, 4) is 0 Å². The van der Waals surface area contributed by atoms with Gasteiger partial charge in [0.15, 0.2) is 0 Å². The van der Waals surface area contributed by atoms with E-state index >= 15 is 0 Å². The highest BCUT2D eigenvalue weighted by Gasteiger charge is 2.32. The topological polar surface area (TPSA) is 72.6 Å². The highest BCUT2D eigenvalue weighted by atomic mass is 16.5. The van der Waals surface area contributed by atoms with Crippen LogP contribution < -0.4 is 5.73 Å². The molecular weight excluding hydrogens is 292 g/mol. The number of hydrogen-bond donors (Lipinski definition) is 1. The van der Waals surface area contributed by atoms with Crippen molar-refractivity contribution in [3.63, 3.8) is 0 Å². The van der Waals surface area contributed by atoms with Gasteiger partial charge in [0.2, 0.25) is 5.91 Å². The molecule has 0 radical (unpaired) electrons. The summed E-state index contributed by atoms with van der Waals surface area (Å²) >= 11 is 0. The van der Waals surface area contributed by atoms with Crippen LogP contribution in [0.2, 0.25) is 0 Å². The predicted molar refractivity (Wildman–Crippen MR) is 93.8 cm³/mol. The van der Waals surface area contributed by atoms with Gasteiger partial charge in [-0.05, 0) is 31.6 Å². The molecule has 1 amide bonds. The number of nitrogens with zero attached hydrogens (tertiary/aromatic N) is 1. The normalized spacial score (nSPS) is 15.3. The van der Waals surface area contributed by atoms with Crippen LogP contribution in [0, 0.1) is 11.3 Å². The maximum absolute atomic E-state index is 12.6. The Labute approximate surface area is 141 Å². The standard InChI is InChI=1S/C18H34N2O3/c1-9-23-17(22)13(4)11-14(10-12(2)3)20(8)16(21)15(19)18(5,6)7/h11-12,14-15H,9-10,19H2,1-8H3/t14-,15+/m0/s1. The van der Waals surface area contributed by atoms with Gasteiger partial charge < -0.3 is 15.4 Å². The zero-order chi connectivity index (χ0) is 18.4. The second-order valence-corrected chi connectivity index (χ2v) is 7.56. The molecule has 0 rings (SSSR count). The summed E-state index contributed by atoms with van der Waals surface area (Å²) in [7, 11) is 1.75. The monoisotopic (exact) mass is 326 g/mol. The minimum absolute atomic E-state index is 0.115. The van der Waals surface area contributed by atoms with Crippen molar-refractivity contribution in [2.75, 3.05) is 13.7 Å². The van der Waals surface area contributed by atoms with Gasteiger partial charge in [0, 0.05) is 12.6 Å². The van der Waals surface area contributed by atoms with Crippen LogP contribution in [-0.2, 0) is 14.3 Å². The first-order valence-electron chi connectivity index (χ1n) is 8.29. The number of ether oxygens (including phenoxy) is 1. The molecule has 0 aromatic carbocycles. The SMILES string of the molecule is CCOC(=O)C(C)=C[C@H](CC(C)C)N(C)C(=O)[C@@H](N)C(C)(C)C. The fraction of sp³-hybridized carbons (Fsp3) is 0.778. The summed E-state index contributed by atoms with van der Waals surface area (Å²) in [6, 6.07) is -0.765. The molecule has 0 bridgehead atoms. The van der Waals surface area contributed by atoms with Crippen molar-refractivity contribution < 1.29 is 14.3 Å². The van der Waals surface area contributed by atoms with E-state index in [2.05, 4.69) is 13.8 Å². The summed E-state index contributed by atoms with van der Waals surface area (Å²) in [6.07, 6.45) is 2.57. The Morgan fingerprint density at radius 2 is 1.78 bits per heavy atom. The molecule has 0 heterocycles. The van der Waals surface area contributed by atoms with E-state index in [9.17, 15) is 9.59 Å². The number of likely N-dealkylation sites (N-methyl/N-ethyl adjacent to an activating group) is 1. The van der Waals surface area contributed by atoms with Crippen LogP contribution in [0.5, 0.6) is 0 Å². The molecule has 2 atom stereocenters. The lowest BCUT2D eigenvalue weighted by molar-refractivity contribution is -0.139. The van der Waals surface area contributed by atoms with Gasteiger partial charge in [-0.2, -0.15) is 0 Å². The Kier molecular flexibility index (Phi) is 8.53. The van der Waals surface area contributed by atoms with Crippen molar-refractivity contribution in [3.05, 3.63) is 11.6 Å². The molecule has 134 valence electrons. The Balaban J connectivity index is 5.35. The van der Waals surface area contributed by atoms with Gasteiger partial charge in [-0.3, -0.25) is 4.79 Å². The first kappa shape index (κ1) is 21.6. The number of carbonyl (C=O) groups excluding carboxylic acids is 2. The minimum Gasteiger partial charge on any atom is -0.463 e.